The molecule has 0 saturated carbocycles. The highest BCUT2D eigenvalue weighted by Gasteiger charge is 2.34. The number of fused-ring (bicyclic) bond motifs is 3. The molecular formula is C14H18BrN3O. The van der Waals surface area contributed by atoms with Crippen molar-refractivity contribution in [3.05, 3.63) is 30.9 Å². The summed E-state index contributed by atoms with van der Waals surface area (Å²) in [4.78, 5) is 9.02. The quantitative estimate of drug-likeness (QED) is 0.797. The van der Waals surface area contributed by atoms with Crippen molar-refractivity contribution < 1.29 is 4.74 Å². The third kappa shape index (κ3) is 2.23. The summed E-state index contributed by atoms with van der Waals surface area (Å²) in [7, 11) is 0. The lowest BCUT2D eigenvalue weighted by molar-refractivity contribution is 0.340. The van der Waals surface area contributed by atoms with Crippen molar-refractivity contribution >= 4 is 34.3 Å². The van der Waals surface area contributed by atoms with E-state index in [2.05, 4.69) is 33.5 Å². The lowest BCUT2D eigenvalue weighted by Gasteiger charge is -2.16. The van der Waals surface area contributed by atoms with Crippen LogP contribution in [-0.2, 0) is 0 Å². The zero-order valence-corrected chi connectivity index (χ0v) is 12.7. The number of rotatable bonds is 4. The van der Waals surface area contributed by atoms with Crippen molar-refractivity contribution in [2.75, 3.05) is 36.0 Å². The lowest BCUT2D eigenvalue weighted by atomic mass is 10.2. The van der Waals surface area contributed by atoms with Gasteiger partial charge in [0, 0.05) is 19.2 Å². The number of benzene rings is 1. The molecule has 0 aliphatic carbocycles. The van der Waals surface area contributed by atoms with Gasteiger partial charge in [-0.1, -0.05) is 6.08 Å². The van der Waals surface area contributed by atoms with Crippen LogP contribution in [0.5, 0.6) is 5.75 Å². The predicted octanol–water partition coefficient (Wildman–Crippen LogP) is 2.85. The Balaban J connectivity index is 0.00000133. The molecule has 0 N–H and O–H groups in total. The van der Waals surface area contributed by atoms with Crippen LogP contribution in [-0.4, -0.2) is 32.2 Å². The van der Waals surface area contributed by atoms with Crippen LogP contribution in [0.2, 0.25) is 0 Å². The summed E-state index contributed by atoms with van der Waals surface area (Å²) in [6, 6.07) is 6.22. The molecule has 1 aromatic rings. The van der Waals surface area contributed by atoms with Gasteiger partial charge in [0.2, 0.25) is 5.96 Å². The van der Waals surface area contributed by atoms with Crippen LogP contribution < -0.4 is 14.5 Å². The molecule has 2 aliphatic rings. The SMILES string of the molecule is Br.C=CCN1C2=NCCN2c2cc(OCC)ccc21. The molecule has 2 heterocycles. The van der Waals surface area contributed by atoms with Crippen molar-refractivity contribution in [2.45, 2.75) is 6.92 Å². The first-order valence-corrected chi connectivity index (χ1v) is 6.32. The van der Waals surface area contributed by atoms with Crippen LogP contribution in [0.4, 0.5) is 11.4 Å². The van der Waals surface area contributed by atoms with Crippen LogP contribution in [0.3, 0.4) is 0 Å². The molecule has 0 bridgehead atoms. The minimum Gasteiger partial charge on any atom is -0.494 e. The highest BCUT2D eigenvalue weighted by molar-refractivity contribution is 8.93. The molecule has 0 amide bonds. The number of hydrogen-bond donors (Lipinski definition) is 0. The van der Waals surface area contributed by atoms with Gasteiger partial charge in [-0.25, -0.2) is 0 Å². The molecule has 1 aromatic carbocycles. The van der Waals surface area contributed by atoms with Crippen molar-refractivity contribution in [2.24, 2.45) is 4.99 Å². The summed E-state index contributed by atoms with van der Waals surface area (Å²) >= 11 is 0. The zero-order valence-electron chi connectivity index (χ0n) is 11.0. The van der Waals surface area contributed by atoms with Gasteiger partial charge in [0.25, 0.3) is 0 Å². The number of hydrogen-bond acceptors (Lipinski definition) is 4. The van der Waals surface area contributed by atoms with E-state index in [0.717, 1.165) is 31.3 Å². The normalized spacial score (nSPS) is 15.5. The van der Waals surface area contributed by atoms with Crippen LogP contribution in [0.25, 0.3) is 0 Å². The van der Waals surface area contributed by atoms with Crippen LogP contribution in [0, 0.1) is 0 Å². The summed E-state index contributed by atoms with van der Waals surface area (Å²) in [5.41, 5.74) is 2.39. The fourth-order valence-electron chi connectivity index (χ4n) is 2.52. The number of nitrogens with zero attached hydrogens (tertiary/aromatic N) is 3. The molecule has 0 atom stereocenters. The highest BCUT2D eigenvalue weighted by atomic mass is 79.9. The second-order valence-electron chi connectivity index (χ2n) is 4.32. The van der Waals surface area contributed by atoms with Crippen molar-refractivity contribution in [1.82, 2.24) is 0 Å². The standard InChI is InChI=1S/C14H17N3O.BrH/c1-3-8-16-12-6-5-11(18-4-2)10-13(12)17-9-7-15-14(16)17;/h3,5-6,10H,1,4,7-9H2,2H3;1H. The van der Waals surface area contributed by atoms with Crippen LogP contribution in [0.1, 0.15) is 6.92 Å². The number of anilines is 2. The van der Waals surface area contributed by atoms with E-state index in [1.807, 2.05) is 19.1 Å². The molecule has 4 nitrogen and oxygen atoms in total. The molecule has 102 valence electrons. The molecule has 0 saturated heterocycles. The predicted molar refractivity (Wildman–Crippen MR) is 85.1 cm³/mol. The molecule has 3 rings (SSSR count). The van der Waals surface area contributed by atoms with E-state index in [4.69, 9.17) is 4.74 Å². The fourth-order valence-corrected chi connectivity index (χ4v) is 2.52. The van der Waals surface area contributed by atoms with Gasteiger partial charge in [0.05, 0.1) is 24.5 Å². The Morgan fingerprint density at radius 3 is 3.00 bits per heavy atom. The molecule has 0 fully saturated rings. The van der Waals surface area contributed by atoms with Crippen molar-refractivity contribution in [1.29, 1.82) is 0 Å². The second-order valence-corrected chi connectivity index (χ2v) is 4.32. The first kappa shape index (κ1) is 13.9. The first-order valence-electron chi connectivity index (χ1n) is 6.32. The largest absolute Gasteiger partial charge is 0.494 e. The Bertz CT molecular complexity index is 515. The van der Waals surface area contributed by atoms with Gasteiger partial charge < -0.3 is 14.5 Å². The van der Waals surface area contributed by atoms with E-state index in [1.54, 1.807) is 0 Å². The molecule has 0 unspecified atom stereocenters. The Hall–Kier alpha value is -1.49. The first-order chi connectivity index (χ1) is 8.85. The topological polar surface area (TPSA) is 28.1 Å². The van der Waals surface area contributed by atoms with Crippen LogP contribution >= 0.6 is 17.0 Å². The Labute approximate surface area is 124 Å². The molecule has 0 radical (unpaired) electrons. The average molecular weight is 324 g/mol. The summed E-state index contributed by atoms with van der Waals surface area (Å²) in [5.74, 6) is 1.96. The number of ether oxygens (including phenoxy) is 1. The minimum atomic E-state index is 0. The van der Waals surface area contributed by atoms with Gasteiger partial charge in [-0.05, 0) is 19.1 Å². The maximum absolute atomic E-state index is 5.57. The number of guanidine groups is 1. The molecule has 5 heteroatoms. The molecule has 19 heavy (non-hydrogen) atoms. The Kier molecular flexibility index (Phi) is 4.14. The summed E-state index contributed by atoms with van der Waals surface area (Å²) < 4.78 is 5.57. The smallest absolute Gasteiger partial charge is 0.206 e. The molecule has 2 aliphatic heterocycles. The van der Waals surface area contributed by atoms with E-state index < -0.39 is 0 Å². The van der Waals surface area contributed by atoms with Gasteiger partial charge in [-0.3, -0.25) is 4.99 Å². The van der Waals surface area contributed by atoms with Gasteiger partial charge in [0.1, 0.15) is 5.75 Å². The Morgan fingerprint density at radius 1 is 1.42 bits per heavy atom. The summed E-state index contributed by atoms with van der Waals surface area (Å²) in [5, 5.41) is 0. The van der Waals surface area contributed by atoms with Gasteiger partial charge in [0.15, 0.2) is 0 Å². The lowest BCUT2D eigenvalue weighted by Crippen LogP contribution is -2.35. The third-order valence-corrected chi connectivity index (χ3v) is 3.21. The highest BCUT2D eigenvalue weighted by Crippen LogP contribution is 2.40. The summed E-state index contributed by atoms with van der Waals surface area (Å²) in [6.07, 6.45) is 1.91. The van der Waals surface area contributed by atoms with Gasteiger partial charge in [-0.15, -0.1) is 23.6 Å². The monoisotopic (exact) mass is 323 g/mol. The van der Waals surface area contributed by atoms with Gasteiger partial charge >= 0.3 is 0 Å². The second kappa shape index (κ2) is 5.65. The molecule has 0 aromatic heterocycles. The molecular weight excluding hydrogens is 306 g/mol. The van der Waals surface area contributed by atoms with Crippen molar-refractivity contribution in [3.63, 3.8) is 0 Å². The summed E-state index contributed by atoms with van der Waals surface area (Å²) in [6.45, 7) is 9.11. The van der Waals surface area contributed by atoms with E-state index in [0.29, 0.717) is 6.61 Å². The molecule has 0 spiro atoms. The zero-order chi connectivity index (χ0) is 12.5. The maximum atomic E-state index is 5.57. The average Bonchev–Trinajstić information content (AvgIpc) is 2.94. The van der Waals surface area contributed by atoms with E-state index in [1.165, 1.54) is 11.4 Å². The van der Waals surface area contributed by atoms with E-state index >= 15 is 0 Å². The van der Waals surface area contributed by atoms with Gasteiger partial charge in [-0.2, -0.15) is 0 Å². The van der Waals surface area contributed by atoms with Crippen LogP contribution in [0.15, 0.2) is 35.8 Å². The third-order valence-electron chi connectivity index (χ3n) is 3.21. The number of aliphatic imine (C=N–C) groups is 1. The van der Waals surface area contributed by atoms with E-state index in [-0.39, 0.29) is 17.0 Å². The van der Waals surface area contributed by atoms with E-state index in [9.17, 15) is 0 Å². The van der Waals surface area contributed by atoms with Crippen molar-refractivity contribution in [3.8, 4) is 5.75 Å². The number of halogens is 1. The Morgan fingerprint density at radius 2 is 2.26 bits per heavy atom. The minimum absolute atomic E-state index is 0. The fraction of sp³-hybridized carbons (Fsp3) is 0.357. The maximum Gasteiger partial charge on any atom is 0.206 e.